The van der Waals surface area contributed by atoms with Crippen LogP contribution in [0.1, 0.15) is 62.4 Å². The largest absolute Gasteiger partial charge is 0.444 e. The molecule has 2 aromatic carbocycles. The minimum atomic E-state index is -0.849. The van der Waals surface area contributed by atoms with E-state index in [0.717, 1.165) is 22.3 Å². The van der Waals surface area contributed by atoms with Gasteiger partial charge in [0.05, 0.1) is 0 Å². The Bertz CT molecular complexity index is 1050. The maximum atomic E-state index is 13.9. The van der Waals surface area contributed by atoms with Gasteiger partial charge < -0.3 is 20.3 Å². The fourth-order valence-corrected chi connectivity index (χ4v) is 4.47. The van der Waals surface area contributed by atoms with E-state index in [4.69, 9.17) is 4.74 Å². The second kappa shape index (κ2) is 14.1. The van der Waals surface area contributed by atoms with Crippen molar-refractivity contribution >= 4 is 29.7 Å². The maximum absolute atomic E-state index is 13.9. The lowest BCUT2D eigenvalue weighted by molar-refractivity contribution is -0.142. The van der Waals surface area contributed by atoms with E-state index in [1.165, 1.54) is 0 Å². The molecule has 37 heavy (non-hydrogen) atoms. The average Bonchev–Trinajstić information content (AvgIpc) is 2.84. The SMILES string of the molecule is CCN(C(=O)C(CCSC)NC(=O)OC(C)(C)C)C(C(=O)NCc1ccccc1)c1cc(C)ccc1C. The number of nitrogens with one attached hydrogen (secondary N) is 2. The van der Waals surface area contributed by atoms with Crippen molar-refractivity contribution < 1.29 is 19.1 Å². The van der Waals surface area contributed by atoms with Crippen LogP contribution in [0.2, 0.25) is 0 Å². The molecule has 0 fully saturated rings. The van der Waals surface area contributed by atoms with Crippen molar-refractivity contribution in [2.45, 2.75) is 72.2 Å². The van der Waals surface area contributed by atoms with E-state index in [2.05, 4.69) is 10.6 Å². The number of thioether (sulfide) groups is 1. The number of likely N-dealkylation sites (N-methyl/N-ethyl adjacent to an activating group) is 1. The Labute approximate surface area is 225 Å². The quantitative estimate of drug-likeness (QED) is 0.422. The zero-order valence-corrected chi connectivity index (χ0v) is 23.9. The summed E-state index contributed by atoms with van der Waals surface area (Å²) in [5, 5.41) is 5.77. The van der Waals surface area contributed by atoms with Crippen LogP contribution >= 0.6 is 11.8 Å². The molecule has 0 heterocycles. The van der Waals surface area contributed by atoms with Gasteiger partial charge in [0.15, 0.2) is 0 Å². The van der Waals surface area contributed by atoms with Crippen LogP contribution in [-0.2, 0) is 20.9 Å². The molecule has 2 aromatic rings. The number of nitrogens with zero attached hydrogens (tertiary/aromatic N) is 1. The normalized spacial score (nSPS) is 12.8. The summed E-state index contributed by atoms with van der Waals surface area (Å²) in [6.07, 6.45) is 1.71. The highest BCUT2D eigenvalue weighted by Crippen LogP contribution is 2.27. The minimum Gasteiger partial charge on any atom is -0.444 e. The first kappa shape index (κ1) is 30.2. The fraction of sp³-hybridized carbons (Fsp3) is 0.483. The van der Waals surface area contributed by atoms with E-state index < -0.39 is 23.8 Å². The van der Waals surface area contributed by atoms with Crippen molar-refractivity contribution in [1.82, 2.24) is 15.5 Å². The lowest BCUT2D eigenvalue weighted by atomic mass is 9.96. The van der Waals surface area contributed by atoms with Gasteiger partial charge in [-0.2, -0.15) is 11.8 Å². The van der Waals surface area contributed by atoms with Gasteiger partial charge in [-0.3, -0.25) is 9.59 Å². The third kappa shape index (κ3) is 9.43. The van der Waals surface area contributed by atoms with Crippen LogP contribution in [0.3, 0.4) is 0 Å². The lowest BCUT2D eigenvalue weighted by Crippen LogP contribution is -2.53. The standard InChI is InChI=1S/C29H41N3O4S/c1-8-32(27(34)24(16-17-37-7)31-28(35)36-29(4,5)6)25(23-18-20(2)14-15-21(23)3)26(33)30-19-22-12-10-9-11-13-22/h9-15,18,24-25H,8,16-17,19H2,1-7H3,(H,30,33)(H,31,35). The second-order valence-electron chi connectivity index (χ2n) is 10.1. The van der Waals surface area contributed by atoms with Crippen LogP contribution in [0, 0.1) is 13.8 Å². The Hall–Kier alpha value is -3.00. The zero-order valence-electron chi connectivity index (χ0n) is 23.1. The summed E-state index contributed by atoms with van der Waals surface area (Å²) in [4.78, 5) is 41.8. The highest BCUT2D eigenvalue weighted by Gasteiger charge is 2.36. The summed E-state index contributed by atoms with van der Waals surface area (Å²) in [7, 11) is 0. The molecular weight excluding hydrogens is 486 g/mol. The van der Waals surface area contributed by atoms with E-state index in [-0.39, 0.29) is 11.8 Å². The van der Waals surface area contributed by atoms with Crippen LogP contribution in [0.25, 0.3) is 0 Å². The molecule has 2 rings (SSSR count). The van der Waals surface area contributed by atoms with Crippen molar-refractivity contribution in [1.29, 1.82) is 0 Å². The summed E-state index contributed by atoms with van der Waals surface area (Å²) in [5.74, 6) is 0.0785. The van der Waals surface area contributed by atoms with E-state index in [1.807, 2.05) is 75.6 Å². The summed E-state index contributed by atoms with van der Waals surface area (Å²) in [6, 6.07) is 13.9. The molecule has 0 aliphatic carbocycles. The van der Waals surface area contributed by atoms with Gasteiger partial charge in [-0.05, 0) is 76.7 Å². The molecule has 0 radical (unpaired) electrons. The van der Waals surface area contributed by atoms with Crippen molar-refractivity contribution in [3.63, 3.8) is 0 Å². The third-order valence-corrected chi connectivity index (χ3v) is 6.47. The zero-order chi connectivity index (χ0) is 27.6. The number of carbonyl (C=O) groups is 3. The molecule has 0 aromatic heterocycles. The van der Waals surface area contributed by atoms with Gasteiger partial charge in [-0.25, -0.2) is 4.79 Å². The van der Waals surface area contributed by atoms with E-state index in [9.17, 15) is 14.4 Å². The number of carbonyl (C=O) groups excluding carboxylic acids is 3. The van der Waals surface area contributed by atoms with Crippen molar-refractivity contribution in [2.75, 3.05) is 18.6 Å². The Morgan fingerprint density at radius 3 is 2.32 bits per heavy atom. The van der Waals surface area contributed by atoms with Gasteiger partial charge in [-0.1, -0.05) is 54.1 Å². The summed E-state index contributed by atoms with van der Waals surface area (Å²) in [5.41, 5.74) is 2.95. The molecule has 0 bridgehead atoms. The number of amides is 3. The predicted molar refractivity (Wildman–Crippen MR) is 150 cm³/mol. The number of ether oxygens (including phenoxy) is 1. The molecular formula is C29H41N3O4S. The number of alkyl carbamates (subject to hydrolysis) is 1. The third-order valence-electron chi connectivity index (χ3n) is 5.82. The monoisotopic (exact) mass is 527 g/mol. The van der Waals surface area contributed by atoms with Crippen molar-refractivity contribution in [2.24, 2.45) is 0 Å². The molecule has 0 spiro atoms. The number of benzene rings is 2. The number of hydrogen-bond acceptors (Lipinski definition) is 5. The van der Waals surface area contributed by atoms with Gasteiger partial charge in [-0.15, -0.1) is 0 Å². The molecule has 8 heteroatoms. The molecule has 2 unspecified atom stereocenters. The topological polar surface area (TPSA) is 87.7 Å². The summed E-state index contributed by atoms with van der Waals surface area (Å²) < 4.78 is 5.42. The Morgan fingerprint density at radius 1 is 1.05 bits per heavy atom. The smallest absolute Gasteiger partial charge is 0.408 e. The number of hydrogen-bond donors (Lipinski definition) is 2. The highest BCUT2D eigenvalue weighted by atomic mass is 32.2. The van der Waals surface area contributed by atoms with E-state index in [1.54, 1.807) is 37.4 Å². The average molecular weight is 528 g/mol. The first-order valence-corrected chi connectivity index (χ1v) is 14.0. The maximum Gasteiger partial charge on any atom is 0.408 e. The van der Waals surface area contributed by atoms with Crippen LogP contribution in [0.4, 0.5) is 4.79 Å². The molecule has 2 N–H and O–H groups in total. The van der Waals surface area contributed by atoms with Gasteiger partial charge >= 0.3 is 6.09 Å². The molecule has 3 amide bonds. The first-order valence-electron chi connectivity index (χ1n) is 12.6. The van der Waals surface area contributed by atoms with Crippen LogP contribution in [0.5, 0.6) is 0 Å². The molecule has 2 atom stereocenters. The predicted octanol–water partition coefficient (Wildman–Crippen LogP) is 5.16. The Morgan fingerprint density at radius 2 is 1.73 bits per heavy atom. The molecule has 7 nitrogen and oxygen atoms in total. The number of aryl methyl sites for hydroxylation is 2. The molecule has 0 saturated carbocycles. The second-order valence-corrected chi connectivity index (χ2v) is 11.1. The van der Waals surface area contributed by atoms with Crippen LogP contribution < -0.4 is 10.6 Å². The van der Waals surface area contributed by atoms with Gasteiger partial charge in [0, 0.05) is 13.1 Å². The summed E-state index contributed by atoms with van der Waals surface area (Å²) in [6.45, 7) is 11.7. The number of rotatable bonds is 11. The van der Waals surface area contributed by atoms with Gasteiger partial charge in [0.1, 0.15) is 17.7 Å². The molecule has 0 aliphatic rings. The van der Waals surface area contributed by atoms with Crippen molar-refractivity contribution in [3.05, 3.63) is 70.8 Å². The van der Waals surface area contributed by atoms with E-state index >= 15 is 0 Å². The van der Waals surface area contributed by atoms with Crippen LogP contribution in [0.15, 0.2) is 48.5 Å². The summed E-state index contributed by atoms with van der Waals surface area (Å²) >= 11 is 1.59. The van der Waals surface area contributed by atoms with Gasteiger partial charge in [0.25, 0.3) is 0 Å². The van der Waals surface area contributed by atoms with E-state index in [0.29, 0.717) is 25.3 Å². The fourth-order valence-electron chi connectivity index (χ4n) is 4.00. The Balaban J connectivity index is 2.41. The first-order chi connectivity index (χ1) is 17.5. The molecule has 0 saturated heterocycles. The Kier molecular flexibility index (Phi) is 11.5. The highest BCUT2D eigenvalue weighted by molar-refractivity contribution is 7.98. The van der Waals surface area contributed by atoms with Gasteiger partial charge in [0.2, 0.25) is 11.8 Å². The minimum absolute atomic E-state index is 0.270. The molecule has 0 aliphatic heterocycles. The van der Waals surface area contributed by atoms with Crippen LogP contribution in [-0.4, -0.2) is 53.0 Å². The van der Waals surface area contributed by atoms with Crippen molar-refractivity contribution in [3.8, 4) is 0 Å². The lowest BCUT2D eigenvalue weighted by Gasteiger charge is -2.34. The molecule has 202 valence electrons.